The molecule has 0 radical (unpaired) electrons. The zero-order valence-electron chi connectivity index (χ0n) is 19.2. The second-order valence-corrected chi connectivity index (χ2v) is 9.50. The van der Waals surface area contributed by atoms with Crippen LogP contribution < -0.4 is 9.46 Å². The van der Waals surface area contributed by atoms with Crippen molar-refractivity contribution in [2.45, 2.75) is 31.7 Å². The van der Waals surface area contributed by atoms with Gasteiger partial charge in [0.2, 0.25) is 21.9 Å². The van der Waals surface area contributed by atoms with Gasteiger partial charge >= 0.3 is 0 Å². The molecule has 1 N–H and O–H groups in total. The van der Waals surface area contributed by atoms with Crippen molar-refractivity contribution >= 4 is 27.6 Å². The molecule has 3 aromatic heterocycles. The lowest BCUT2D eigenvalue weighted by atomic mass is 10.2. The van der Waals surface area contributed by atoms with Gasteiger partial charge in [-0.15, -0.1) is 10.2 Å². The molecule has 0 fully saturated rings. The van der Waals surface area contributed by atoms with E-state index in [1.54, 1.807) is 22.8 Å². The van der Waals surface area contributed by atoms with Gasteiger partial charge in [0.05, 0.1) is 25.3 Å². The van der Waals surface area contributed by atoms with E-state index in [0.717, 1.165) is 0 Å². The summed E-state index contributed by atoms with van der Waals surface area (Å²) >= 11 is 5.84. The van der Waals surface area contributed by atoms with E-state index in [1.165, 1.54) is 33.5 Å². The summed E-state index contributed by atoms with van der Waals surface area (Å²) in [5, 5.41) is 7.47. The number of hydrogen-bond acceptors (Lipinski definition) is 10. The third-order valence-corrected chi connectivity index (χ3v) is 6.76. The molecular formula is C20H26ClN7O5S. The van der Waals surface area contributed by atoms with Crippen LogP contribution in [-0.4, -0.2) is 70.8 Å². The van der Waals surface area contributed by atoms with E-state index < -0.39 is 21.4 Å². The van der Waals surface area contributed by atoms with Crippen molar-refractivity contribution in [1.82, 2.24) is 29.7 Å². The number of rotatable bonds is 12. The molecule has 0 aliphatic rings. The first kappa shape index (κ1) is 25.7. The Morgan fingerprint density at radius 2 is 1.91 bits per heavy atom. The predicted molar refractivity (Wildman–Crippen MR) is 125 cm³/mol. The fourth-order valence-electron chi connectivity index (χ4n) is 3.09. The fourth-order valence-corrected chi connectivity index (χ4v) is 4.34. The highest BCUT2D eigenvalue weighted by molar-refractivity contribution is 7.93. The van der Waals surface area contributed by atoms with Crippen molar-refractivity contribution in [2.75, 3.05) is 32.2 Å². The maximum Gasteiger partial charge on any atom is 0.240 e. The molecule has 184 valence electrons. The first-order chi connectivity index (χ1) is 16.3. The van der Waals surface area contributed by atoms with Crippen LogP contribution >= 0.6 is 11.6 Å². The number of ether oxygens (including phenoxy) is 3. The van der Waals surface area contributed by atoms with Gasteiger partial charge in [-0.05, 0) is 19.9 Å². The Kier molecular flexibility index (Phi) is 8.72. The highest BCUT2D eigenvalue weighted by atomic mass is 35.5. The maximum absolute atomic E-state index is 13.2. The van der Waals surface area contributed by atoms with E-state index in [1.807, 2.05) is 6.92 Å². The van der Waals surface area contributed by atoms with Crippen molar-refractivity contribution in [3.05, 3.63) is 41.4 Å². The predicted octanol–water partition coefficient (Wildman–Crippen LogP) is 2.35. The van der Waals surface area contributed by atoms with Crippen molar-refractivity contribution in [3.63, 3.8) is 0 Å². The Labute approximate surface area is 202 Å². The SMILES string of the molecule is CCOCCn1c(NS(=O)(=O)[C@@H](C)[C@H](OC)c2ncc(Cl)cn2)nnc1-c1cccc(OC)n1. The molecule has 0 aromatic carbocycles. The molecule has 3 aromatic rings. The number of pyridine rings is 1. The molecule has 3 heterocycles. The molecule has 0 unspecified atom stereocenters. The summed E-state index contributed by atoms with van der Waals surface area (Å²) in [6.45, 7) is 4.46. The summed E-state index contributed by atoms with van der Waals surface area (Å²) < 4.78 is 46.6. The van der Waals surface area contributed by atoms with Crippen LogP contribution in [0.1, 0.15) is 25.8 Å². The van der Waals surface area contributed by atoms with E-state index >= 15 is 0 Å². The minimum absolute atomic E-state index is 0.0121. The number of aromatic nitrogens is 6. The average molecular weight is 512 g/mol. The number of nitrogens with zero attached hydrogens (tertiary/aromatic N) is 6. The van der Waals surface area contributed by atoms with Gasteiger partial charge in [0.15, 0.2) is 11.6 Å². The van der Waals surface area contributed by atoms with Crippen LogP contribution in [0.2, 0.25) is 5.02 Å². The van der Waals surface area contributed by atoms with E-state index in [4.69, 9.17) is 25.8 Å². The first-order valence-corrected chi connectivity index (χ1v) is 12.3. The normalized spacial score (nSPS) is 13.4. The summed E-state index contributed by atoms with van der Waals surface area (Å²) in [5.74, 6) is 0.939. The van der Waals surface area contributed by atoms with E-state index in [0.29, 0.717) is 35.6 Å². The second-order valence-electron chi connectivity index (χ2n) is 7.03. The van der Waals surface area contributed by atoms with Gasteiger partial charge in [-0.1, -0.05) is 17.7 Å². The van der Waals surface area contributed by atoms with Crippen molar-refractivity contribution in [1.29, 1.82) is 0 Å². The lowest BCUT2D eigenvalue weighted by molar-refractivity contribution is 0.0950. The molecular weight excluding hydrogens is 486 g/mol. The van der Waals surface area contributed by atoms with Crippen LogP contribution in [0, 0.1) is 0 Å². The number of sulfonamides is 1. The topological polar surface area (TPSA) is 143 Å². The van der Waals surface area contributed by atoms with Crippen molar-refractivity contribution < 1.29 is 22.6 Å². The molecule has 0 aliphatic heterocycles. The van der Waals surface area contributed by atoms with Crippen LogP contribution in [0.15, 0.2) is 30.6 Å². The second kappa shape index (κ2) is 11.5. The quantitative estimate of drug-likeness (QED) is 0.360. The van der Waals surface area contributed by atoms with E-state index in [2.05, 4.69) is 29.9 Å². The molecule has 34 heavy (non-hydrogen) atoms. The Balaban J connectivity index is 1.93. The van der Waals surface area contributed by atoms with Gasteiger partial charge in [0.25, 0.3) is 0 Å². The molecule has 2 atom stereocenters. The third-order valence-electron chi connectivity index (χ3n) is 4.87. The van der Waals surface area contributed by atoms with Crippen LogP contribution in [0.3, 0.4) is 0 Å². The molecule has 3 rings (SSSR count). The smallest absolute Gasteiger partial charge is 0.240 e. The van der Waals surface area contributed by atoms with Crippen molar-refractivity contribution in [2.24, 2.45) is 0 Å². The van der Waals surface area contributed by atoms with Crippen LogP contribution in [0.4, 0.5) is 5.95 Å². The molecule has 12 nitrogen and oxygen atoms in total. The van der Waals surface area contributed by atoms with Gasteiger partial charge in [0, 0.05) is 32.2 Å². The zero-order valence-corrected chi connectivity index (χ0v) is 20.7. The maximum atomic E-state index is 13.2. The Bertz CT molecular complexity index is 1190. The van der Waals surface area contributed by atoms with E-state index in [-0.39, 0.29) is 18.3 Å². The van der Waals surface area contributed by atoms with Gasteiger partial charge in [-0.25, -0.2) is 23.4 Å². The first-order valence-electron chi connectivity index (χ1n) is 10.3. The summed E-state index contributed by atoms with van der Waals surface area (Å²) in [6.07, 6.45) is 1.80. The highest BCUT2D eigenvalue weighted by Gasteiger charge is 2.34. The monoisotopic (exact) mass is 511 g/mol. The summed E-state index contributed by atoms with van der Waals surface area (Å²) in [5.41, 5.74) is 0.464. The summed E-state index contributed by atoms with van der Waals surface area (Å²) in [7, 11) is -1.13. The molecule has 0 spiro atoms. The Morgan fingerprint density at radius 1 is 1.18 bits per heavy atom. The highest BCUT2D eigenvalue weighted by Crippen LogP contribution is 2.26. The number of halogens is 1. The summed E-state index contributed by atoms with van der Waals surface area (Å²) in [6, 6.07) is 5.17. The Hall–Kier alpha value is -2.87. The lowest BCUT2D eigenvalue weighted by Crippen LogP contribution is -2.33. The van der Waals surface area contributed by atoms with Crippen LogP contribution in [0.5, 0.6) is 5.88 Å². The van der Waals surface area contributed by atoms with Gasteiger partial charge < -0.3 is 14.2 Å². The van der Waals surface area contributed by atoms with Gasteiger partial charge in [-0.3, -0.25) is 9.29 Å². The van der Waals surface area contributed by atoms with Gasteiger partial charge in [-0.2, -0.15) is 0 Å². The number of methoxy groups -OCH3 is 2. The van der Waals surface area contributed by atoms with Crippen molar-refractivity contribution in [3.8, 4) is 17.4 Å². The van der Waals surface area contributed by atoms with Gasteiger partial charge in [0.1, 0.15) is 17.0 Å². The number of anilines is 1. The fraction of sp³-hybridized carbons (Fsp3) is 0.450. The van der Waals surface area contributed by atoms with E-state index in [9.17, 15) is 8.42 Å². The zero-order chi connectivity index (χ0) is 24.7. The molecule has 0 bridgehead atoms. The van der Waals surface area contributed by atoms with Crippen LogP contribution in [0.25, 0.3) is 11.5 Å². The average Bonchev–Trinajstić information content (AvgIpc) is 3.22. The Morgan fingerprint density at radius 3 is 2.56 bits per heavy atom. The number of hydrogen-bond donors (Lipinski definition) is 1. The largest absolute Gasteiger partial charge is 0.481 e. The molecule has 0 amide bonds. The molecule has 0 aliphatic carbocycles. The molecule has 0 saturated carbocycles. The van der Waals surface area contributed by atoms with Crippen LogP contribution in [-0.2, 0) is 26.0 Å². The molecule has 14 heteroatoms. The minimum Gasteiger partial charge on any atom is -0.481 e. The standard InChI is InChI=1S/C20H26ClN7O5S/c1-5-33-10-9-28-19(15-7-6-8-16(24-15)31-3)25-26-20(28)27-34(29,30)13(2)17(32-4)18-22-11-14(21)12-23-18/h6-8,11-13,17H,5,9-10H2,1-4H3,(H,26,27)/t13-,17-/m0/s1. The number of nitrogens with one attached hydrogen (secondary N) is 1. The minimum atomic E-state index is -4.01. The summed E-state index contributed by atoms with van der Waals surface area (Å²) in [4.78, 5) is 12.5. The third kappa shape index (κ3) is 5.97. The molecule has 0 saturated heterocycles. The lowest BCUT2D eigenvalue weighted by Gasteiger charge is -2.22.